The summed E-state index contributed by atoms with van der Waals surface area (Å²) in [4.78, 5) is 18.0. The first-order valence-corrected chi connectivity index (χ1v) is 4.61. The lowest BCUT2D eigenvalue weighted by molar-refractivity contribution is -0.135. The van der Waals surface area contributed by atoms with Gasteiger partial charge in [0.05, 0.1) is 6.26 Å². The maximum absolute atomic E-state index is 10.1. The molecule has 78 valence electrons. The summed E-state index contributed by atoms with van der Waals surface area (Å²) in [5, 5.41) is 0. The van der Waals surface area contributed by atoms with Crippen molar-refractivity contribution in [3.63, 3.8) is 0 Å². The van der Waals surface area contributed by atoms with E-state index in [0.717, 1.165) is 20.5 Å². The van der Waals surface area contributed by atoms with Crippen molar-refractivity contribution in [2.75, 3.05) is 14.2 Å². The summed E-state index contributed by atoms with van der Waals surface area (Å²) < 4.78 is 22.2. The van der Waals surface area contributed by atoms with Gasteiger partial charge in [0.15, 0.2) is 0 Å². The molecule has 0 amide bonds. The molecule has 1 N–H and O–H groups in total. The molecule has 0 rings (SSSR count). The molecule has 0 aliphatic heterocycles. The van der Waals surface area contributed by atoms with Crippen LogP contribution in [0.4, 0.5) is 0 Å². The molecule has 0 aliphatic rings. The largest absolute Gasteiger partial charge is 0.471 e. The Bertz CT molecular complexity index is 193. The molecule has 0 aromatic carbocycles. The molecule has 13 heavy (non-hydrogen) atoms. The average Bonchev–Trinajstić information content (AvgIpc) is 2.05. The standard InChI is InChI=1S/C4H6O2.C2H7O4P/c1-3-6-4(2)5;1-5-7(3,4)6-2/h3H,1H2,2H3;1-2H3,(H,3,4). The van der Waals surface area contributed by atoms with Gasteiger partial charge in [-0.15, -0.1) is 0 Å². The number of hydrogen-bond donors (Lipinski definition) is 1. The molecule has 0 spiro atoms. The van der Waals surface area contributed by atoms with Crippen LogP contribution < -0.4 is 0 Å². The summed E-state index contributed by atoms with van der Waals surface area (Å²) >= 11 is 0. The number of phosphoric ester groups is 1. The summed E-state index contributed by atoms with van der Waals surface area (Å²) in [6.45, 7) is 4.48. The number of carbonyl (C=O) groups is 1. The lowest BCUT2D eigenvalue weighted by Gasteiger charge is -2.01. The van der Waals surface area contributed by atoms with Crippen molar-refractivity contribution in [3.05, 3.63) is 12.8 Å². The maximum Gasteiger partial charge on any atom is 0.471 e. The van der Waals surface area contributed by atoms with Crippen LogP contribution in [0.25, 0.3) is 0 Å². The number of ether oxygens (including phenoxy) is 1. The molecule has 0 saturated carbocycles. The van der Waals surface area contributed by atoms with Gasteiger partial charge in [-0.25, -0.2) is 4.57 Å². The van der Waals surface area contributed by atoms with E-state index >= 15 is 0 Å². The van der Waals surface area contributed by atoms with Gasteiger partial charge in [0, 0.05) is 21.1 Å². The molecule has 0 aliphatic carbocycles. The van der Waals surface area contributed by atoms with E-state index in [1.807, 2.05) is 0 Å². The van der Waals surface area contributed by atoms with Crippen molar-refractivity contribution >= 4 is 13.8 Å². The lowest BCUT2D eigenvalue weighted by Crippen LogP contribution is -1.87. The molecular weight excluding hydrogens is 199 g/mol. The Morgan fingerprint density at radius 3 is 1.85 bits per heavy atom. The number of carbonyl (C=O) groups excluding carboxylic acids is 1. The first kappa shape index (κ1) is 14.8. The molecule has 0 unspecified atom stereocenters. The van der Waals surface area contributed by atoms with E-state index in [-0.39, 0.29) is 5.97 Å². The van der Waals surface area contributed by atoms with Crippen molar-refractivity contribution in [2.24, 2.45) is 0 Å². The fraction of sp³-hybridized carbons (Fsp3) is 0.500. The quantitative estimate of drug-likeness (QED) is 0.428. The molecule has 0 bridgehead atoms. The van der Waals surface area contributed by atoms with Crippen molar-refractivity contribution in [3.8, 4) is 0 Å². The average molecular weight is 212 g/mol. The minimum Gasteiger partial charge on any atom is -0.435 e. The van der Waals surface area contributed by atoms with Crippen LogP contribution in [-0.2, 0) is 23.1 Å². The van der Waals surface area contributed by atoms with Gasteiger partial charge in [-0.3, -0.25) is 13.8 Å². The first-order valence-electron chi connectivity index (χ1n) is 3.12. The molecule has 0 heterocycles. The highest BCUT2D eigenvalue weighted by Gasteiger charge is 2.13. The van der Waals surface area contributed by atoms with Crippen LogP contribution in [0.5, 0.6) is 0 Å². The van der Waals surface area contributed by atoms with Gasteiger partial charge in [-0.2, -0.15) is 0 Å². The normalized spacial score (nSPS) is 9.54. The minimum atomic E-state index is -3.65. The summed E-state index contributed by atoms with van der Waals surface area (Å²) in [7, 11) is -1.45. The topological polar surface area (TPSA) is 82.1 Å². The summed E-state index contributed by atoms with van der Waals surface area (Å²) in [6.07, 6.45) is 1.10. The molecule has 0 fully saturated rings. The Labute approximate surface area is 76.7 Å². The smallest absolute Gasteiger partial charge is 0.435 e. The Morgan fingerprint density at radius 2 is 1.85 bits per heavy atom. The predicted octanol–water partition coefficient (Wildman–Crippen LogP) is 1.07. The van der Waals surface area contributed by atoms with Crippen LogP contribution in [0.15, 0.2) is 12.8 Å². The number of rotatable bonds is 3. The van der Waals surface area contributed by atoms with Crippen LogP contribution >= 0.6 is 7.82 Å². The van der Waals surface area contributed by atoms with Crippen molar-refractivity contribution in [2.45, 2.75) is 6.92 Å². The third-order valence-electron chi connectivity index (χ3n) is 0.711. The van der Waals surface area contributed by atoms with Gasteiger partial charge in [0.2, 0.25) is 0 Å². The summed E-state index contributed by atoms with van der Waals surface area (Å²) in [6, 6.07) is 0. The second-order valence-corrected chi connectivity index (χ2v) is 3.28. The second kappa shape index (κ2) is 7.94. The summed E-state index contributed by atoms with van der Waals surface area (Å²) in [5.74, 6) is -0.329. The zero-order valence-electron chi connectivity index (χ0n) is 7.72. The van der Waals surface area contributed by atoms with Crippen LogP contribution in [0, 0.1) is 0 Å². The Hall–Kier alpha value is -0.680. The van der Waals surface area contributed by atoms with Gasteiger partial charge >= 0.3 is 13.8 Å². The number of hydrogen-bond acceptors (Lipinski definition) is 5. The van der Waals surface area contributed by atoms with E-state index < -0.39 is 7.82 Å². The molecule has 6 nitrogen and oxygen atoms in total. The fourth-order valence-electron chi connectivity index (χ4n) is 0.192. The molecule has 0 radical (unpaired) electrons. The Kier molecular flexibility index (Phi) is 9.06. The highest BCUT2D eigenvalue weighted by Crippen LogP contribution is 2.40. The SMILES string of the molecule is C=COC(C)=O.COP(=O)(O)OC. The molecule has 0 atom stereocenters. The monoisotopic (exact) mass is 212 g/mol. The van der Waals surface area contributed by atoms with Crippen molar-refractivity contribution in [1.29, 1.82) is 0 Å². The second-order valence-electron chi connectivity index (χ2n) is 1.61. The van der Waals surface area contributed by atoms with Gasteiger partial charge < -0.3 is 9.63 Å². The van der Waals surface area contributed by atoms with E-state index in [0.29, 0.717) is 0 Å². The molecule has 0 aromatic rings. The minimum absolute atomic E-state index is 0.329. The van der Waals surface area contributed by atoms with Crippen molar-refractivity contribution < 1.29 is 28.0 Å². The van der Waals surface area contributed by atoms with Gasteiger partial charge in [-0.1, -0.05) is 6.58 Å². The van der Waals surface area contributed by atoms with E-state index in [1.165, 1.54) is 6.92 Å². The number of phosphoric acid groups is 1. The molecule has 7 heteroatoms. The molecule has 0 saturated heterocycles. The van der Waals surface area contributed by atoms with Gasteiger partial charge in [0.25, 0.3) is 0 Å². The van der Waals surface area contributed by atoms with E-state index in [2.05, 4.69) is 20.4 Å². The van der Waals surface area contributed by atoms with E-state index in [1.54, 1.807) is 0 Å². The Balaban J connectivity index is 0. The highest BCUT2D eigenvalue weighted by molar-refractivity contribution is 7.47. The van der Waals surface area contributed by atoms with Gasteiger partial charge in [-0.05, 0) is 0 Å². The maximum atomic E-state index is 10.1. The predicted molar refractivity (Wildman–Crippen MR) is 45.8 cm³/mol. The summed E-state index contributed by atoms with van der Waals surface area (Å²) in [5.41, 5.74) is 0. The van der Waals surface area contributed by atoms with E-state index in [9.17, 15) is 9.36 Å². The third kappa shape index (κ3) is 14.2. The Morgan fingerprint density at radius 1 is 1.46 bits per heavy atom. The zero-order valence-corrected chi connectivity index (χ0v) is 8.61. The first-order chi connectivity index (χ1) is 5.89. The third-order valence-corrected chi connectivity index (χ3v) is 1.63. The fourth-order valence-corrected chi connectivity index (χ4v) is 0.341. The zero-order chi connectivity index (χ0) is 10.9. The van der Waals surface area contributed by atoms with E-state index in [4.69, 9.17) is 4.89 Å². The highest BCUT2D eigenvalue weighted by atomic mass is 31.2. The van der Waals surface area contributed by atoms with Crippen LogP contribution in [0.1, 0.15) is 6.92 Å². The van der Waals surface area contributed by atoms with Crippen LogP contribution in [-0.4, -0.2) is 25.1 Å². The lowest BCUT2D eigenvalue weighted by atomic mass is 10.8. The van der Waals surface area contributed by atoms with Gasteiger partial charge in [0.1, 0.15) is 0 Å². The van der Waals surface area contributed by atoms with Crippen LogP contribution in [0.2, 0.25) is 0 Å². The number of esters is 1. The molecular formula is C6H13O6P. The molecule has 0 aromatic heterocycles. The van der Waals surface area contributed by atoms with Crippen LogP contribution in [0.3, 0.4) is 0 Å². The van der Waals surface area contributed by atoms with Crippen molar-refractivity contribution in [1.82, 2.24) is 0 Å².